The third-order valence-electron chi connectivity index (χ3n) is 6.11. The average molecular weight is 431 g/mol. The summed E-state index contributed by atoms with van der Waals surface area (Å²) in [6.07, 6.45) is 7.44. The summed E-state index contributed by atoms with van der Waals surface area (Å²) in [5.41, 5.74) is 3.59. The van der Waals surface area contributed by atoms with Gasteiger partial charge in [-0.1, -0.05) is 42.8 Å². The number of carbonyl (C=O) groups is 1. The van der Waals surface area contributed by atoms with Crippen molar-refractivity contribution in [3.05, 3.63) is 78.0 Å². The number of aromatic nitrogens is 3. The third kappa shape index (κ3) is 5.37. The Morgan fingerprint density at radius 2 is 1.88 bits per heavy atom. The number of carbonyl (C=O) groups excluding carboxylic acids is 1. The Morgan fingerprint density at radius 1 is 1.06 bits per heavy atom. The number of benzene rings is 1. The Bertz CT molecular complexity index is 1030. The van der Waals surface area contributed by atoms with Gasteiger partial charge in [0.25, 0.3) is 0 Å². The van der Waals surface area contributed by atoms with E-state index < -0.39 is 0 Å². The van der Waals surface area contributed by atoms with E-state index in [4.69, 9.17) is 9.72 Å². The van der Waals surface area contributed by atoms with E-state index in [0.717, 1.165) is 48.2 Å². The van der Waals surface area contributed by atoms with Crippen LogP contribution in [0.5, 0.6) is 0 Å². The zero-order chi connectivity index (χ0) is 22.3. The molecule has 0 N–H and O–H groups in total. The highest BCUT2D eigenvalue weighted by atomic mass is 16.5. The zero-order valence-corrected chi connectivity index (χ0v) is 18.8. The summed E-state index contributed by atoms with van der Waals surface area (Å²) < 4.78 is 5.58. The second kappa shape index (κ2) is 10.5. The van der Waals surface area contributed by atoms with Crippen molar-refractivity contribution in [3.8, 4) is 11.3 Å². The lowest BCUT2D eigenvalue weighted by atomic mass is 9.86. The smallest absolute Gasteiger partial charge is 0.226 e. The Kier molecular flexibility index (Phi) is 7.22. The molecule has 1 fully saturated rings. The van der Waals surface area contributed by atoms with Crippen LogP contribution < -0.4 is 0 Å². The summed E-state index contributed by atoms with van der Waals surface area (Å²) in [7, 11) is 1.74. The molecule has 6 nitrogen and oxygen atoms in total. The van der Waals surface area contributed by atoms with Gasteiger partial charge in [0.05, 0.1) is 24.0 Å². The van der Waals surface area contributed by atoms with Gasteiger partial charge in [-0.05, 0) is 43.9 Å². The number of aryl methyl sites for hydroxylation is 1. The van der Waals surface area contributed by atoms with E-state index >= 15 is 0 Å². The van der Waals surface area contributed by atoms with Crippen LogP contribution in [0.15, 0.2) is 60.9 Å². The summed E-state index contributed by atoms with van der Waals surface area (Å²) in [5, 5.41) is 0. The summed E-state index contributed by atoms with van der Waals surface area (Å²) in [4.78, 5) is 29.2. The van der Waals surface area contributed by atoms with Gasteiger partial charge in [0, 0.05) is 37.5 Å². The lowest BCUT2D eigenvalue weighted by Gasteiger charge is -2.32. The molecule has 1 aliphatic rings. The molecule has 32 heavy (non-hydrogen) atoms. The summed E-state index contributed by atoms with van der Waals surface area (Å²) >= 11 is 0. The number of hydrogen-bond acceptors (Lipinski definition) is 5. The minimum Gasteiger partial charge on any atom is -0.381 e. The van der Waals surface area contributed by atoms with Crippen molar-refractivity contribution in [2.75, 3.05) is 7.11 Å². The molecule has 3 aromatic rings. The highest BCUT2D eigenvalue weighted by molar-refractivity contribution is 5.79. The van der Waals surface area contributed by atoms with Gasteiger partial charge in [-0.25, -0.2) is 9.97 Å². The molecule has 0 bridgehead atoms. The second-order valence-corrected chi connectivity index (χ2v) is 8.39. The fraction of sp³-hybridized carbons (Fsp3) is 0.385. The lowest BCUT2D eigenvalue weighted by molar-refractivity contribution is -0.139. The number of pyridine rings is 1. The molecular weight excluding hydrogens is 400 g/mol. The number of methoxy groups -OCH3 is 1. The van der Waals surface area contributed by atoms with Crippen molar-refractivity contribution in [2.24, 2.45) is 5.92 Å². The van der Waals surface area contributed by atoms with Crippen LogP contribution in [0.4, 0.5) is 0 Å². The molecule has 2 heterocycles. The molecule has 1 saturated carbocycles. The van der Waals surface area contributed by atoms with Crippen LogP contribution in [-0.4, -0.2) is 39.0 Å². The maximum atomic E-state index is 13.7. The van der Waals surface area contributed by atoms with Crippen LogP contribution in [0.1, 0.15) is 42.8 Å². The summed E-state index contributed by atoms with van der Waals surface area (Å²) in [6, 6.07) is 15.9. The molecule has 0 radical (unpaired) electrons. The molecule has 1 aromatic carbocycles. The van der Waals surface area contributed by atoms with Gasteiger partial charge in [0.15, 0.2) is 0 Å². The lowest BCUT2D eigenvalue weighted by Crippen LogP contribution is -2.39. The molecule has 0 saturated heterocycles. The van der Waals surface area contributed by atoms with Crippen molar-refractivity contribution in [1.82, 2.24) is 19.9 Å². The van der Waals surface area contributed by atoms with E-state index in [1.54, 1.807) is 13.3 Å². The molecule has 1 amide bonds. The van der Waals surface area contributed by atoms with Crippen LogP contribution in [0.2, 0.25) is 0 Å². The van der Waals surface area contributed by atoms with E-state index in [1.807, 2.05) is 54.4 Å². The van der Waals surface area contributed by atoms with E-state index in [0.29, 0.717) is 18.9 Å². The largest absolute Gasteiger partial charge is 0.381 e. The highest BCUT2D eigenvalue weighted by Gasteiger charge is 2.31. The first kappa shape index (κ1) is 22.1. The van der Waals surface area contributed by atoms with Gasteiger partial charge in [-0.3, -0.25) is 9.78 Å². The first-order valence-electron chi connectivity index (χ1n) is 11.2. The normalized spacial score (nSPS) is 18.3. The summed E-state index contributed by atoms with van der Waals surface area (Å²) in [6.45, 7) is 2.83. The number of hydrogen-bond donors (Lipinski definition) is 0. The van der Waals surface area contributed by atoms with Gasteiger partial charge in [-0.2, -0.15) is 0 Å². The van der Waals surface area contributed by atoms with Gasteiger partial charge in [0.1, 0.15) is 5.82 Å². The molecule has 166 valence electrons. The minimum atomic E-state index is -0.0290. The first-order chi connectivity index (χ1) is 15.6. The first-order valence-corrected chi connectivity index (χ1v) is 11.2. The molecule has 6 heteroatoms. The zero-order valence-electron chi connectivity index (χ0n) is 18.8. The van der Waals surface area contributed by atoms with Gasteiger partial charge in [-0.15, -0.1) is 0 Å². The van der Waals surface area contributed by atoms with Crippen LogP contribution in [0, 0.1) is 12.8 Å². The van der Waals surface area contributed by atoms with Crippen molar-refractivity contribution < 1.29 is 9.53 Å². The van der Waals surface area contributed by atoms with Crippen molar-refractivity contribution >= 4 is 5.91 Å². The fourth-order valence-corrected chi connectivity index (χ4v) is 4.41. The average Bonchev–Trinajstić information content (AvgIpc) is 2.84. The summed E-state index contributed by atoms with van der Waals surface area (Å²) in [5.74, 6) is 0.821. The van der Waals surface area contributed by atoms with Crippen molar-refractivity contribution in [2.45, 2.75) is 51.8 Å². The quantitative estimate of drug-likeness (QED) is 0.549. The Hall–Kier alpha value is -3.12. The Labute approximate surface area is 189 Å². The van der Waals surface area contributed by atoms with Crippen molar-refractivity contribution in [1.29, 1.82) is 0 Å². The highest BCUT2D eigenvalue weighted by Crippen LogP contribution is 2.29. The molecule has 0 spiro atoms. The number of ether oxygens (including phenoxy) is 1. The second-order valence-electron chi connectivity index (χ2n) is 8.39. The number of nitrogens with zero attached hydrogens (tertiary/aromatic N) is 4. The topological polar surface area (TPSA) is 68.2 Å². The maximum absolute atomic E-state index is 13.7. The predicted octanol–water partition coefficient (Wildman–Crippen LogP) is 4.58. The molecule has 2 atom stereocenters. The maximum Gasteiger partial charge on any atom is 0.226 e. The number of amides is 1. The molecule has 4 rings (SSSR count). The number of rotatable bonds is 7. The van der Waals surface area contributed by atoms with E-state index in [9.17, 15) is 4.79 Å². The van der Waals surface area contributed by atoms with E-state index in [1.165, 1.54) is 0 Å². The Balaban J connectivity index is 1.65. The fourth-order valence-electron chi connectivity index (χ4n) is 4.41. The molecule has 0 aliphatic heterocycles. The van der Waals surface area contributed by atoms with Crippen LogP contribution in [0.3, 0.4) is 0 Å². The molecule has 0 unspecified atom stereocenters. The van der Waals surface area contributed by atoms with E-state index in [2.05, 4.69) is 22.1 Å². The van der Waals surface area contributed by atoms with Crippen LogP contribution in [0.25, 0.3) is 11.3 Å². The van der Waals surface area contributed by atoms with Crippen molar-refractivity contribution in [3.63, 3.8) is 0 Å². The third-order valence-corrected chi connectivity index (χ3v) is 6.11. The monoisotopic (exact) mass is 430 g/mol. The molecule has 2 aromatic heterocycles. The molecule has 1 aliphatic carbocycles. The van der Waals surface area contributed by atoms with E-state index in [-0.39, 0.29) is 17.9 Å². The SMILES string of the molecule is CO[C@@H]1CCC[C@@H](C(=O)N(Cc2ccccc2)Cc2nc(C)ncc2-c2ccccn2)C1. The standard InChI is InChI=1S/C26H30N4O2/c1-19-28-16-23(24-13-6-7-14-27-24)25(29-19)18-30(17-20-9-4-3-5-10-20)26(31)21-11-8-12-22(15-21)32-2/h3-7,9-10,13-14,16,21-22H,8,11-12,15,17-18H2,1-2H3/t21-,22-/m1/s1. The molecular formula is C26H30N4O2. The predicted molar refractivity (Wildman–Crippen MR) is 123 cm³/mol. The van der Waals surface area contributed by atoms with Gasteiger partial charge in [0.2, 0.25) is 5.91 Å². The minimum absolute atomic E-state index is 0.0290. The van der Waals surface area contributed by atoms with Gasteiger partial charge < -0.3 is 9.64 Å². The Morgan fingerprint density at radius 3 is 2.62 bits per heavy atom. The van der Waals surface area contributed by atoms with Crippen LogP contribution >= 0.6 is 0 Å². The van der Waals surface area contributed by atoms with Gasteiger partial charge >= 0.3 is 0 Å². The van der Waals surface area contributed by atoms with Crippen LogP contribution in [-0.2, 0) is 22.6 Å².